The van der Waals surface area contributed by atoms with Crippen LogP contribution < -0.4 is 21.7 Å². The molecule has 7 nitrogen and oxygen atoms in total. The van der Waals surface area contributed by atoms with Crippen LogP contribution in [0.15, 0.2) is 34.2 Å². The maximum atomic E-state index is 11.1. The fraction of sp³-hybridized carbons (Fsp3) is 0.417. The first kappa shape index (κ1) is 16.4. The molecule has 0 aliphatic heterocycles. The summed E-state index contributed by atoms with van der Waals surface area (Å²) >= 11 is 0. The van der Waals surface area contributed by atoms with E-state index >= 15 is 0 Å². The third-order valence-corrected chi connectivity index (χ3v) is 3.41. The van der Waals surface area contributed by atoms with Crippen molar-refractivity contribution in [1.29, 1.82) is 0 Å². The summed E-state index contributed by atoms with van der Waals surface area (Å²) in [4.78, 5) is 4.38. The Morgan fingerprint density at radius 3 is 2.35 bits per heavy atom. The van der Waals surface area contributed by atoms with Gasteiger partial charge in [0.25, 0.3) is 0 Å². The molecule has 6 N–H and O–H groups in total. The minimum atomic E-state index is -3.64. The van der Waals surface area contributed by atoms with Gasteiger partial charge in [-0.2, -0.15) is 0 Å². The zero-order valence-corrected chi connectivity index (χ0v) is 12.4. The molecule has 0 fully saturated rings. The molecule has 0 aliphatic rings. The van der Waals surface area contributed by atoms with E-state index < -0.39 is 10.0 Å². The Labute approximate surface area is 119 Å². The number of primary sulfonamides is 1. The molecule has 20 heavy (non-hydrogen) atoms. The Bertz CT molecular complexity index is 552. The molecule has 112 valence electrons. The summed E-state index contributed by atoms with van der Waals surface area (Å²) in [6, 6.07) is 6.66. The lowest BCUT2D eigenvalue weighted by atomic mass is 10.1. The Hall–Kier alpha value is -1.64. The van der Waals surface area contributed by atoms with Crippen LogP contribution in [0, 0.1) is 0 Å². The quantitative estimate of drug-likeness (QED) is 0.257. The number of guanidine groups is 1. The van der Waals surface area contributed by atoms with Crippen LogP contribution in [0.4, 0.5) is 0 Å². The van der Waals surface area contributed by atoms with Crippen molar-refractivity contribution in [3.8, 4) is 0 Å². The number of hydrogen-bond acceptors (Lipinski definition) is 4. The van der Waals surface area contributed by atoms with E-state index in [0.717, 1.165) is 5.56 Å². The second kappa shape index (κ2) is 7.22. The molecule has 0 saturated carbocycles. The lowest BCUT2D eigenvalue weighted by Gasteiger charge is -2.11. The van der Waals surface area contributed by atoms with Crippen LogP contribution in [0.2, 0.25) is 0 Å². The van der Waals surface area contributed by atoms with E-state index in [-0.39, 0.29) is 10.9 Å². The molecule has 1 rings (SSSR count). The van der Waals surface area contributed by atoms with Crippen molar-refractivity contribution in [2.45, 2.75) is 31.2 Å². The van der Waals surface area contributed by atoms with Crippen molar-refractivity contribution in [1.82, 2.24) is 10.7 Å². The zero-order valence-electron chi connectivity index (χ0n) is 11.6. The first-order chi connectivity index (χ1) is 9.32. The van der Waals surface area contributed by atoms with E-state index in [1.165, 1.54) is 12.1 Å². The average molecular weight is 299 g/mol. The van der Waals surface area contributed by atoms with Gasteiger partial charge in [0.05, 0.1) is 4.90 Å². The highest BCUT2D eigenvalue weighted by molar-refractivity contribution is 7.89. The Balaban J connectivity index is 2.60. The van der Waals surface area contributed by atoms with Crippen LogP contribution in [0.1, 0.15) is 19.4 Å². The molecule has 8 heteroatoms. The predicted molar refractivity (Wildman–Crippen MR) is 79.4 cm³/mol. The van der Waals surface area contributed by atoms with Gasteiger partial charge in [0.2, 0.25) is 16.0 Å². The Morgan fingerprint density at radius 2 is 1.90 bits per heavy atom. The normalized spacial score (nSPS) is 12.6. The minimum Gasteiger partial charge on any atom is -0.353 e. The van der Waals surface area contributed by atoms with Crippen LogP contribution in [0.3, 0.4) is 0 Å². The number of nitrogens with one attached hydrogen (secondary N) is 2. The molecule has 0 heterocycles. The highest BCUT2D eigenvalue weighted by Crippen LogP contribution is 2.09. The summed E-state index contributed by atoms with van der Waals surface area (Å²) in [7, 11) is -3.64. The van der Waals surface area contributed by atoms with Crippen molar-refractivity contribution in [3.63, 3.8) is 0 Å². The third kappa shape index (κ3) is 5.55. The van der Waals surface area contributed by atoms with Crippen LogP contribution >= 0.6 is 0 Å². The van der Waals surface area contributed by atoms with Crippen LogP contribution in [-0.2, 0) is 16.4 Å². The Morgan fingerprint density at radius 1 is 1.30 bits per heavy atom. The number of sulfonamides is 1. The van der Waals surface area contributed by atoms with Crippen molar-refractivity contribution >= 4 is 16.0 Å². The SMILES string of the molecule is CC(C)NC(=NCCc1ccc(S(N)(=O)=O)cc1)NN. The maximum absolute atomic E-state index is 11.1. The van der Waals surface area contributed by atoms with Crippen molar-refractivity contribution in [2.24, 2.45) is 16.0 Å². The molecule has 0 unspecified atom stereocenters. The van der Waals surface area contributed by atoms with Crippen molar-refractivity contribution < 1.29 is 8.42 Å². The van der Waals surface area contributed by atoms with Gasteiger partial charge >= 0.3 is 0 Å². The topological polar surface area (TPSA) is 123 Å². The van der Waals surface area contributed by atoms with Crippen molar-refractivity contribution in [2.75, 3.05) is 6.54 Å². The van der Waals surface area contributed by atoms with Gasteiger partial charge in [0.15, 0.2) is 0 Å². The number of rotatable bonds is 5. The summed E-state index contributed by atoms with van der Waals surface area (Å²) in [6.07, 6.45) is 0.676. The van der Waals surface area contributed by atoms with Crippen LogP contribution in [0.5, 0.6) is 0 Å². The third-order valence-electron chi connectivity index (χ3n) is 2.48. The van der Waals surface area contributed by atoms with E-state index in [1.54, 1.807) is 12.1 Å². The molecular formula is C12H21N5O2S. The van der Waals surface area contributed by atoms with Gasteiger partial charge in [-0.05, 0) is 38.0 Å². The van der Waals surface area contributed by atoms with Gasteiger partial charge in [-0.1, -0.05) is 12.1 Å². The van der Waals surface area contributed by atoms with E-state index in [2.05, 4.69) is 15.7 Å². The molecule has 1 aromatic carbocycles. The second-order valence-corrected chi connectivity index (χ2v) is 6.17. The van der Waals surface area contributed by atoms with Crippen molar-refractivity contribution in [3.05, 3.63) is 29.8 Å². The number of aliphatic imine (C=N–C) groups is 1. The highest BCUT2D eigenvalue weighted by atomic mass is 32.2. The molecule has 0 atom stereocenters. The standard InChI is InChI=1S/C12H21N5O2S/c1-9(2)16-12(17-13)15-8-7-10-3-5-11(6-4-10)20(14,18)19/h3-6,9H,7-8,13H2,1-2H3,(H2,14,18,19)(H2,15,16,17). The van der Waals surface area contributed by atoms with Gasteiger partial charge in [-0.25, -0.2) is 19.4 Å². The van der Waals surface area contributed by atoms with Gasteiger partial charge in [-0.3, -0.25) is 10.4 Å². The molecule has 0 saturated heterocycles. The van der Waals surface area contributed by atoms with E-state index in [9.17, 15) is 8.42 Å². The molecule has 0 radical (unpaired) electrons. The van der Waals surface area contributed by atoms with E-state index in [0.29, 0.717) is 18.9 Å². The van der Waals surface area contributed by atoms with Gasteiger partial charge in [0, 0.05) is 12.6 Å². The van der Waals surface area contributed by atoms with Crippen LogP contribution in [0.25, 0.3) is 0 Å². The first-order valence-electron chi connectivity index (χ1n) is 6.22. The van der Waals surface area contributed by atoms with Gasteiger partial charge in [0.1, 0.15) is 0 Å². The number of benzene rings is 1. The van der Waals surface area contributed by atoms with E-state index in [4.69, 9.17) is 11.0 Å². The number of nitrogens with zero attached hydrogens (tertiary/aromatic N) is 1. The summed E-state index contributed by atoms with van der Waals surface area (Å²) < 4.78 is 22.2. The molecule has 0 spiro atoms. The van der Waals surface area contributed by atoms with Gasteiger partial charge in [-0.15, -0.1) is 0 Å². The lowest BCUT2D eigenvalue weighted by Crippen LogP contribution is -2.44. The minimum absolute atomic E-state index is 0.107. The molecule has 1 aromatic rings. The molecule has 0 bridgehead atoms. The highest BCUT2D eigenvalue weighted by Gasteiger charge is 2.06. The van der Waals surface area contributed by atoms with Gasteiger partial charge < -0.3 is 5.32 Å². The maximum Gasteiger partial charge on any atom is 0.238 e. The smallest absolute Gasteiger partial charge is 0.238 e. The fourth-order valence-corrected chi connectivity index (χ4v) is 2.06. The fourth-order valence-electron chi connectivity index (χ4n) is 1.55. The molecule has 0 aromatic heterocycles. The predicted octanol–water partition coefficient (Wildman–Crippen LogP) is -0.306. The molecule has 0 aliphatic carbocycles. The average Bonchev–Trinajstić information content (AvgIpc) is 2.36. The monoisotopic (exact) mass is 299 g/mol. The summed E-state index contributed by atoms with van der Waals surface area (Å²) in [5.74, 6) is 5.87. The summed E-state index contributed by atoms with van der Waals surface area (Å²) in [5, 5.41) is 8.09. The number of hydrazine groups is 1. The Kier molecular flexibility index (Phi) is 5.93. The summed E-state index contributed by atoms with van der Waals surface area (Å²) in [6.45, 7) is 4.51. The van der Waals surface area contributed by atoms with E-state index in [1.807, 2.05) is 13.8 Å². The van der Waals surface area contributed by atoms with Crippen LogP contribution in [-0.4, -0.2) is 27.0 Å². The number of hydrogen-bond donors (Lipinski definition) is 4. The summed E-state index contributed by atoms with van der Waals surface area (Å²) in [5.41, 5.74) is 3.47. The second-order valence-electron chi connectivity index (χ2n) is 4.61. The number of nitrogens with two attached hydrogens (primary N) is 2. The molecule has 0 amide bonds. The lowest BCUT2D eigenvalue weighted by molar-refractivity contribution is 0.598. The zero-order chi connectivity index (χ0) is 15.2. The first-order valence-corrected chi connectivity index (χ1v) is 7.77. The largest absolute Gasteiger partial charge is 0.353 e. The molecular weight excluding hydrogens is 278 g/mol.